The lowest BCUT2D eigenvalue weighted by Crippen LogP contribution is -2.40. The topological polar surface area (TPSA) is 47.6 Å². The van der Waals surface area contributed by atoms with Gasteiger partial charge in [0, 0.05) is 5.69 Å². The van der Waals surface area contributed by atoms with Crippen molar-refractivity contribution in [1.82, 2.24) is 0 Å². The largest absolute Gasteiger partial charge is 0.485 e. The fourth-order valence-electron chi connectivity index (χ4n) is 2.32. The van der Waals surface area contributed by atoms with Gasteiger partial charge in [0.1, 0.15) is 6.61 Å². The lowest BCUT2D eigenvalue weighted by molar-refractivity contribution is -0.125. The summed E-state index contributed by atoms with van der Waals surface area (Å²) < 4.78 is 11.3. The van der Waals surface area contributed by atoms with Crippen molar-refractivity contribution in [2.24, 2.45) is 0 Å². The molecule has 1 atom stereocenters. The van der Waals surface area contributed by atoms with Gasteiger partial charge in [-0.25, -0.2) is 0 Å². The number of carbonyl (C=O) groups excluding carboxylic acids is 1. The van der Waals surface area contributed by atoms with Crippen LogP contribution in [0.25, 0.3) is 0 Å². The molecule has 1 N–H and O–H groups in total. The average molecular weight is 297 g/mol. The van der Waals surface area contributed by atoms with Crippen LogP contribution in [0.3, 0.4) is 0 Å². The zero-order valence-electron chi connectivity index (χ0n) is 12.7. The Morgan fingerprint density at radius 1 is 1.09 bits per heavy atom. The van der Waals surface area contributed by atoms with E-state index in [2.05, 4.69) is 19.2 Å². The maximum atomic E-state index is 12.3. The number of hydrogen-bond donors (Lipinski definition) is 1. The van der Waals surface area contributed by atoms with Crippen molar-refractivity contribution < 1.29 is 14.3 Å². The third-order valence-electron chi connectivity index (χ3n) is 3.65. The number of carbonyl (C=O) groups is 1. The van der Waals surface area contributed by atoms with Crippen LogP contribution in [0.1, 0.15) is 25.3 Å². The van der Waals surface area contributed by atoms with E-state index in [4.69, 9.17) is 9.47 Å². The first kappa shape index (κ1) is 14.4. The molecule has 2 aromatic carbocycles. The predicted octanol–water partition coefficient (Wildman–Crippen LogP) is 3.59. The fraction of sp³-hybridized carbons (Fsp3) is 0.278. The molecule has 1 heterocycles. The predicted molar refractivity (Wildman–Crippen MR) is 85.5 cm³/mol. The van der Waals surface area contributed by atoms with Crippen LogP contribution in [0.4, 0.5) is 5.69 Å². The van der Waals surface area contributed by atoms with E-state index >= 15 is 0 Å². The van der Waals surface area contributed by atoms with Crippen LogP contribution >= 0.6 is 0 Å². The summed E-state index contributed by atoms with van der Waals surface area (Å²) in [6, 6.07) is 15.2. The number of amides is 1. The van der Waals surface area contributed by atoms with E-state index in [1.54, 1.807) is 6.07 Å². The van der Waals surface area contributed by atoms with Crippen molar-refractivity contribution in [1.29, 1.82) is 0 Å². The zero-order valence-corrected chi connectivity index (χ0v) is 12.7. The number of rotatable bonds is 3. The van der Waals surface area contributed by atoms with Crippen LogP contribution in [-0.2, 0) is 4.79 Å². The molecule has 1 amide bonds. The first-order valence-corrected chi connectivity index (χ1v) is 7.43. The number of nitrogens with one attached hydrogen (secondary N) is 1. The van der Waals surface area contributed by atoms with Gasteiger partial charge >= 0.3 is 0 Å². The van der Waals surface area contributed by atoms with Gasteiger partial charge in [0.05, 0.1) is 0 Å². The van der Waals surface area contributed by atoms with E-state index in [-0.39, 0.29) is 12.5 Å². The van der Waals surface area contributed by atoms with Gasteiger partial charge in [0.2, 0.25) is 6.10 Å². The second-order valence-electron chi connectivity index (χ2n) is 5.63. The SMILES string of the molecule is CC(C)c1ccc(NC(=O)C2COc3ccccc3O2)cc1. The van der Waals surface area contributed by atoms with Crippen molar-refractivity contribution in [3.05, 3.63) is 54.1 Å². The van der Waals surface area contributed by atoms with Crippen molar-refractivity contribution in [3.63, 3.8) is 0 Å². The summed E-state index contributed by atoms with van der Waals surface area (Å²) in [5.41, 5.74) is 2.00. The summed E-state index contributed by atoms with van der Waals surface area (Å²) in [5, 5.41) is 2.86. The fourth-order valence-corrected chi connectivity index (χ4v) is 2.32. The van der Waals surface area contributed by atoms with Crippen LogP contribution in [-0.4, -0.2) is 18.6 Å². The highest BCUT2D eigenvalue weighted by molar-refractivity contribution is 5.94. The minimum absolute atomic E-state index is 0.202. The number of para-hydroxylation sites is 2. The van der Waals surface area contributed by atoms with E-state index in [1.165, 1.54) is 5.56 Å². The van der Waals surface area contributed by atoms with Gasteiger partial charge in [-0.1, -0.05) is 38.1 Å². The molecule has 0 spiro atoms. The molecule has 4 nitrogen and oxygen atoms in total. The first-order chi connectivity index (χ1) is 10.6. The number of hydrogen-bond acceptors (Lipinski definition) is 3. The lowest BCUT2D eigenvalue weighted by atomic mass is 10.0. The number of benzene rings is 2. The Labute approximate surface area is 130 Å². The van der Waals surface area contributed by atoms with Gasteiger partial charge in [-0.2, -0.15) is 0 Å². The van der Waals surface area contributed by atoms with E-state index < -0.39 is 6.10 Å². The highest BCUT2D eigenvalue weighted by Crippen LogP contribution is 2.31. The molecule has 0 saturated carbocycles. The minimum atomic E-state index is -0.639. The van der Waals surface area contributed by atoms with Gasteiger partial charge in [0.25, 0.3) is 5.91 Å². The molecule has 0 aromatic heterocycles. The third-order valence-corrected chi connectivity index (χ3v) is 3.65. The normalized spacial score (nSPS) is 16.4. The quantitative estimate of drug-likeness (QED) is 0.942. The average Bonchev–Trinajstić information content (AvgIpc) is 2.55. The first-order valence-electron chi connectivity index (χ1n) is 7.43. The van der Waals surface area contributed by atoms with Gasteiger partial charge < -0.3 is 14.8 Å². The van der Waals surface area contributed by atoms with Crippen LogP contribution < -0.4 is 14.8 Å². The number of anilines is 1. The van der Waals surface area contributed by atoms with Crippen LogP contribution in [0, 0.1) is 0 Å². The molecule has 3 rings (SSSR count). The molecule has 0 fully saturated rings. The summed E-state index contributed by atoms with van der Waals surface area (Å²) in [7, 11) is 0. The summed E-state index contributed by atoms with van der Waals surface area (Å²) in [4.78, 5) is 12.3. The molecule has 2 aromatic rings. The Kier molecular flexibility index (Phi) is 4.00. The highest BCUT2D eigenvalue weighted by Gasteiger charge is 2.27. The molecule has 0 radical (unpaired) electrons. The maximum Gasteiger partial charge on any atom is 0.269 e. The Balaban J connectivity index is 1.65. The van der Waals surface area contributed by atoms with Crippen molar-refractivity contribution in [2.75, 3.05) is 11.9 Å². The van der Waals surface area contributed by atoms with Crippen LogP contribution in [0.15, 0.2) is 48.5 Å². The minimum Gasteiger partial charge on any atom is -0.485 e. The van der Waals surface area contributed by atoms with Crippen LogP contribution in [0.5, 0.6) is 11.5 Å². The molecule has 0 bridgehead atoms. The van der Waals surface area contributed by atoms with Crippen molar-refractivity contribution in [2.45, 2.75) is 25.9 Å². The second-order valence-corrected chi connectivity index (χ2v) is 5.63. The Hall–Kier alpha value is -2.49. The molecule has 22 heavy (non-hydrogen) atoms. The number of ether oxygens (including phenoxy) is 2. The Morgan fingerprint density at radius 2 is 1.77 bits per heavy atom. The lowest BCUT2D eigenvalue weighted by Gasteiger charge is -2.25. The zero-order chi connectivity index (χ0) is 15.5. The standard InChI is InChI=1S/C18H19NO3/c1-12(2)13-7-9-14(10-8-13)19-18(20)17-11-21-15-5-3-4-6-16(15)22-17/h3-10,12,17H,11H2,1-2H3,(H,19,20). The van der Waals surface area contributed by atoms with Gasteiger partial charge in [-0.15, -0.1) is 0 Å². The molecule has 1 aliphatic heterocycles. The van der Waals surface area contributed by atoms with E-state index in [1.807, 2.05) is 42.5 Å². The molecule has 4 heteroatoms. The van der Waals surface area contributed by atoms with E-state index in [9.17, 15) is 4.79 Å². The Morgan fingerprint density at radius 3 is 2.45 bits per heavy atom. The second kappa shape index (κ2) is 6.10. The highest BCUT2D eigenvalue weighted by atomic mass is 16.6. The van der Waals surface area contributed by atoms with Gasteiger partial charge in [-0.3, -0.25) is 4.79 Å². The molecule has 114 valence electrons. The smallest absolute Gasteiger partial charge is 0.269 e. The van der Waals surface area contributed by atoms with Gasteiger partial charge in [0.15, 0.2) is 11.5 Å². The van der Waals surface area contributed by atoms with E-state index in [0.717, 1.165) is 5.69 Å². The van der Waals surface area contributed by atoms with Crippen molar-refractivity contribution in [3.8, 4) is 11.5 Å². The molecule has 1 aliphatic rings. The molecular weight excluding hydrogens is 278 g/mol. The summed E-state index contributed by atoms with van der Waals surface area (Å²) in [6.45, 7) is 4.49. The summed E-state index contributed by atoms with van der Waals surface area (Å²) >= 11 is 0. The Bertz CT molecular complexity index is 664. The summed E-state index contributed by atoms with van der Waals surface area (Å²) in [6.07, 6.45) is -0.639. The molecule has 0 aliphatic carbocycles. The molecule has 1 unspecified atom stereocenters. The van der Waals surface area contributed by atoms with Crippen LogP contribution in [0.2, 0.25) is 0 Å². The maximum absolute atomic E-state index is 12.3. The molecular formula is C18H19NO3. The van der Waals surface area contributed by atoms with E-state index in [0.29, 0.717) is 17.4 Å². The number of fused-ring (bicyclic) bond motifs is 1. The molecule has 0 saturated heterocycles. The van der Waals surface area contributed by atoms with Crippen molar-refractivity contribution >= 4 is 11.6 Å². The third kappa shape index (κ3) is 3.06. The monoisotopic (exact) mass is 297 g/mol. The van der Waals surface area contributed by atoms with Gasteiger partial charge in [-0.05, 0) is 35.7 Å². The summed E-state index contributed by atoms with van der Waals surface area (Å²) in [5.74, 6) is 1.54.